The van der Waals surface area contributed by atoms with Gasteiger partial charge in [-0.1, -0.05) is 11.3 Å². The van der Waals surface area contributed by atoms with E-state index < -0.39 is 17.7 Å². The molecular formula is C15H10BrF2N7O. The van der Waals surface area contributed by atoms with Crippen LogP contribution in [0.25, 0.3) is 16.9 Å². The highest BCUT2D eigenvalue weighted by Crippen LogP contribution is 2.30. The van der Waals surface area contributed by atoms with E-state index in [0.29, 0.717) is 15.8 Å². The molecule has 0 aliphatic rings. The summed E-state index contributed by atoms with van der Waals surface area (Å²) in [5.74, 6) is -0.933. The van der Waals surface area contributed by atoms with Crippen molar-refractivity contribution in [2.75, 3.05) is 0 Å². The molecule has 11 heteroatoms. The molecule has 0 amide bonds. The fourth-order valence-corrected chi connectivity index (χ4v) is 2.78. The van der Waals surface area contributed by atoms with Gasteiger partial charge < -0.3 is 4.74 Å². The summed E-state index contributed by atoms with van der Waals surface area (Å²) in [5, 5.41) is 14.3. The molecule has 0 saturated heterocycles. The third-order valence-corrected chi connectivity index (χ3v) is 4.15. The van der Waals surface area contributed by atoms with Gasteiger partial charge in [0.1, 0.15) is 17.5 Å². The molecule has 1 unspecified atom stereocenters. The van der Waals surface area contributed by atoms with Gasteiger partial charge in [-0.15, -0.1) is 5.10 Å². The minimum Gasteiger partial charge on any atom is -0.465 e. The van der Waals surface area contributed by atoms with E-state index in [1.165, 1.54) is 12.4 Å². The summed E-state index contributed by atoms with van der Waals surface area (Å²) in [6, 6.07) is 5.13. The molecular weight excluding hydrogens is 412 g/mol. The molecule has 4 rings (SSSR count). The summed E-state index contributed by atoms with van der Waals surface area (Å²) < 4.78 is 35.5. The van der Waals surface area contributed by atoms with Crippen LogP contribution >= 0.6 is 15.9 Å². The van der Waals surface area contributed by atoms with Gasteiger partial charge in [0, 0.05) is 0 Å². The lowest BCUT2D eigenvalue weighted by atomic mass is 10.3. The van der Waals surface area contributed by atoms with Crippen LogP contribution in [0.1, 0.15) is 18.9 Å². The quantitative estimate of drug-likeness (QED) is 0.543. The highest BCUT2D eigenvalue weighted by atomic mass is 79.9. The Morgan fingerprint density at radius 1 is 1.27 bits per heavy atom. The van der Waals surface area contributed by atoms with Gasteiger partial charge in [0.25, 0.3) is 0 Å². The third-order valence-electron chi connectivity index (χ3n) is 3.58. The maximum atomic E-state index is 14.1. The Labute approximate surface area is 153 Å². The first-order chi connectivity index (χ1) is 12.5. The number of nitrogens with zero attached hydrogens (tertiary/aromatic N) is 6. The minimum absolute atomic E-state index is 0.148. The van der Waals surface area contributed by atoms with Gasteiger partial charge in [-0.05, 0) is 41.1 Å². The first-order valence-corrected chi connectivity index (χ1v) is 8.22. The number of rotatable bonds is 4. The largest absolute Gasteiger partial charge is 0.465 e. The second-order valence-electron chi connectivity index (χ2n) is 5.31. The number of benzene rings is 1. The van der Waals surface area contributed by atoms with Gasteiger partial charge in [0.15, 0.2) is 29.2 Å². The van der Waals surface area contributed by atoms with Gasteiger partial charge in [-0.25, -0.2) is 13.8 Å². The van der Waals surface area contributed by atoms with Crippen LogP contribution in [0.15, 0.2) is 35.1 Å². The molecule has 3 aromatic heterocycles. The number of ether oxygens (including phenoxy) is 1. The number of halogens is 3. The molecule has 0 spiro atoms. The zero-order valence-corrected chi connectivity index (χ0v) is 14.8. The number of hydrogen-bond acceptors (Lipinski definition) is 6. The van der Waals surface area contributed by atoms with Gasteiger partial charge in [-0.2, -0.15) is 14.8 Å². The van der Waals surface area contributed by atoms with Crippen LogP contribution in [0, 0.1) is 11.6 Å². The van der Waals surface area contributed by atoms with E-state index in [2.05, 4.69) is 46.4 Å². The van der Waals surface area contributed by atoms with E-state index in [1.54, 1.807) is 13.0 Å². The van der Waals surface area contributed by atoms with Crippen molar-refractivity contribution >= 4 is 27.1 Å². The molecule has 0 aliphatic carbocycles. The van der Waals surface area contributed by atoms with E-state index in [0.717, 1.165) is 16.8 Å². The molecule has 0 saturated carbocycles. The first kappa shape index (κ1) is 16.5. The van der Waals surface area contributed by atoms with Crippen molar-refractivity contribution in [2.24, 2.45) is 0 Å². The van der Waals surface area contributed by atoms with Crippen molar-refractivity contribution in [3.63, 3.8) is 0 Å². The number of aromatic nitrogens is 7. The summed E-state index contributed by atoms with van der Waals surface area (Å²) in [5.41, 5.74) is 0.129. The van der Waals surface area contributed by atoms with Crippen LogP contribution < -0.4 is 4.74 Å². The van der Waals surface area contributed by atoms with E-state index in [4.69, 9.17) is 4.74 Å². The molecule has 26 heavy (non-hydrogen) atoms. The summed E-state index contributed by atoms with van der Waals surface area (Å²) in [4.78, 5) is 8.33. The summed E-state index contributed by atoms with van der Waals surface area (Å²) >= 11 is 3.34. The lowest BCUT2D eigenvalue weighted by Gasteiger charge is -2.12. The van der Waals surface area contributed by atoms with Crippen molar-refractivity contribution in [2.45, 2.75) is 13.0 Å². The summed E-state index contributed by atoms with van der Waals surface area (Å²) in [6.45, 7) is 1.74. The lowest BCUT2D eigenvalue weighted by Crippen LogP contribution is -2.08. The Hall–Kier alpha value is -2.95. The Morgan fingerprint density at radius 3 is 2.73 bits per heavy atom. The number of aromatic amines is 1. The molecule has 0 bridgehead atoms. The second kappa shape index (κ2) is 6.41. The second-order valence-corrected chi connectivity index (χ2v) is 6.16. The molecule has 1 aromatic carbocycles. The highest BCUT2D eigenvalue weighted by molar-refractivity contribution is 9.10. The van der Waals surface area contributed by atoms with E-state index in [9.17, 15) is 8.78 Å². The van der Waals surface area contributed by atoms with Gasteiger partial charge in [0.2, 0.25) is 5.88 Å². The zero-order valence-electron chi connectivity index (χ0n) is 13.2. The SMILES string of the molecule is CC(Oc1nc2c(cc1Br)nnn2-c1c(F)cccc1F)c1nc[nH]n1. The molecule has 0 radical (unpaired) electrons. The number of fused-ring (bicyclic) bond motifs is 1. The number of pyridine rings is 1. The number of hydrogen-bond donors (Lipinski definition) is 1. The van der Waals surface area contributed by atoms with Crippen LogP contribution in [-0.2, 0) is 0 Å². The van der Waals surface area contributed by atoms with Crippen molar-refractivity contribution in [1.29, 1.82) is 0 Å². The van der Waals surface area contributed by atoms with Crippen LogP contribution in [0.3, 0.4) is 0 Å². The van der Waals surface area contributed by atoms with Crippen molar-refractivity contribution in [3.8, 4) is 11.6 Å². The third kappa shape index (κ3) is 2.79. The van der Waals surface area contributed by atoms with Crippen molar-refractivity contribution < 1.29 is 13.5 Å². The first-order valence-electron chi connectivity index (χ1n) is 7.43. The lowest BCUT2D eigenvalue weighted by molar-refractivity contribution is 0.207. The average Bonchev–Trinajstić information content (AvgIpc) is 3.26. The predicted octanol–water partition coefficient (Wildman–Crippen LogP) is 3.11. The normalized spacial score (nSPS) is 12.5. The molecule has 4 aromatic rings. The fraction of sp³-hybridized carbons (Fsp3) is 0.133. The van der Waals surface area contributed by atoms with Crippen molar-refractivity contribution in [1.82, 2.24) is 35.2 Å². The average molecular weight is 422 g/mol. The van der Waals surface area contributed by atoms with Crippen LogP contribution in [-0.4, -0.2) is 35.2 Å². The molecule has 0 fully saturated rings. The number of nitrogens with one attached hydrogen (secondary N) is 1. The zero-order chi connectivity index (χ0) is 18.3. The van der Waals surface area contributed by atoms with Gasteiger partial charge in [-0.3, -0.25) is 5.10 Å². The van der Waals surface area contributed by atoms with Gasteiger partial charge in [0.05, 0.1) is 4.47 Å². The standard InChI is InChI=1S/C15H10BrF2N7O/c1-7(13-19-6-20-23-13)26-15-8(16)5-11-14(21-15)25(24-22-11)12-9(17)3-2-4-10(12)18/h2-7H,1H3,(H,19,20,23). The van der Waals surface area contributed by atoms with Crippen LogP contribution in [0.2, 0.25) is 0 Å². The molecule has 132 valence electrons. The predicted molar refractivity (Wildman–Crippen MR) is 89.7 cm³/mol. The smallest absolute Gasteiger partial charge is 0.230 e. The molecule has 1 N–H and O–H groups in total. The van der Waals surface area contributed by atoms with Crippen molar-refractivity contribution in [3.05, 3.63) is 52.5 Å². The summed E-state index contributed by atoms with van der Waals surface area (Å²) in [6.07, 6.45) is 0.929. The van der Waals surface area contributed by atoms with Crippen LogP contribution in [0.4, 0.5) is 8.78 Å². The van der Waals surface area contributed by atoms with E-state index >= 15 is 0 Å². The van der Waals surface area contributed by atoms with E-state index in [1.807, 2.05) is 0 Å². The number of H-pyrrole nitrogens is 1. The number of para-hydroxylation sites is 1. The minimum atomic E-state index is -0.780. The molecule has 8 nitrogen and oxygen atoms in total. The maximum Gasteiger partial charge on any atom is 0.230 e. The molecule has 1 atom stereocenters. The summed E-state index contributed by atoms with van der Waals surface area (Å²) in [7, 11) is 0. The molecule has 3 heterocycles. The Balaban J connectivity index is 1.80. The Kier molecular flexibility index (Phi) is 4.07. The molecule has 0 aliphatic heterocycles. The van der Waals surface area contributed by atoms with E-state index in [-0.39, 0.29) is 17.2 Å². The van der Waals surface area contributed by atoms with Gasteiger partial charge >= 0.3 is 0 Å². The fourth-order valence-electron chi connectivity index (χ4n) is 2.38. The maximum absolute atomic E-state index is 14.1. The Morgan fingerprint density at radius 2 is 2.04 bits per heavy atom. The monoisotopic (exact) mass is 421 g/mol. The Bertz CT molecular complexity index is 1060. The highest BCUT2D eigenvalue weighted by Gasteiger charge is 2.20. The topological polar surface area (TPSA) is 94.4 Å². The van der Waals surface area contributed by atoms with Crippen LogP contribution in [0.5, 0.6) is 5.88 Å².